The van der Waals surface area contributed by atoms with Gasteiger partial charge in [0.1, 0.15) is 0 Å². The largest absolute Gasteiger partial charge is 0.322 e. The Labute approximate surface area is 147 Å². The number of carbonyl (C=O) groups excluding carboxylic acids is 1. The molecule has 7 nitrogen and oxygen atoms in total. The number of nitrogens with one attached hydrogen (secondary N) is 2. The van der Waals surface area contributed by atoms with E-state index < -0.39 is 10.0 Å². The number of hydrogen-bond donors (Lipinski definition) is 2. The van der Waals surface area contributed by atoms with Crippen molar-refractivity contribution in [2.75, 3.05) is 15.8 Å². The third-order valence-electron chi connectivity index (χ3n) is 3.90. The third kappa shape index (κ3) is 4.27. The lowest BCUT2D eigenvalue weighted by molar-refractivity contribution is 0.212. The van der Waals surface area contributed by atoms with Crippen LogP contribution in [0.1, 0.15) is 24.5 Å². The summed E-state index contributed by atoms with van der Waals surface area (Å²) in [5, 5.41) is 2.82. The first kappa shape index (κ1) is 17.2. The number of fused-ring (bicyclic) bond motifs is 1. The average Bonchev–Trinajstić information content (AvgIpc) is 3.00. The summed E-state index contributed by atoms with van der Waals surface area (Å²) in [5.41, 5.74) is 3.24. The van der Waals surface area contributed by atoms with Crippen molar-refractivity contribution in [1.29, 1.82) is 0 Å². The molecular weight excluding hydrogens is 340 g/mol. The first-order chi connectivity index (χ1) is 12.0. The summed E-state index contributed by atoms with van der Waals surface area (Å²) in [7, 11) is -3.32. The molecule has 2 amide bonds. The summed E-state index contributed by atoms with van der Waals surface area (Å²) in [6, 6.07) is 8.32. The van der Waals surface area contributed by atoms with E-state index >= 15 is 0 Å². The number of amides is 2. The Balaban J connectivity index is 1.60. The Kier molecular flexibility index (Phi) is 4.89. The molecule has 0 unspecified atom stereocenters. The van der Waals surface area contributed by atoms with E-state index in [-0.39, 0.29) is 11.8 Å². The summed E-state index contributed by atoms with van der Waals surface area (Å²) < 4.78 is 26.0. The number of aromatic nitrogens is 1. The van der Waals surface area contributed by atoms with E-state index in [2.05, 4.69) is 15.0 Å². The highest BCUT2D eigenvalue weighted by atomic mass is 32.2. The van der Waals surface area contributed by atoms with Gasteiger partial charge in [0, 0.05) is 36.9 Å². The summed E-state index contributed by atoms with van der Waals surface area (Å²) in [6.07, 6.45) is 4.05. The van der Waals surface area contributed by atoms with E-state index in [0.29, 0.717) is 30.9 Å². The van der Waals surface area contributed by atoms with Gasteiger partial charge in [-0.15, -0.1) is 0 Å². The molecule has 0 bridgehead atoms. The van der Waals surface area contributed by atoms with Crippen LogP contribution in [0, 0.1) is 0 Å². The second kappa shape index (κ2) is 7.10. The minimum atomic E-state index is -3.32. The summed E-state index contributed by atoms with van der Waals surface area (Å²) in [5.74, 6) is 0.0792. The molecule has 3 rings (SSSR count). The van der Waals surface area contributed by atoms with Crippen LogP contribution in [0.3, 0.4) is 0 Å². The Morgan fingerprint density at radius 1 is 1.12 bits per heavy atom. The van der Waals surface area contributed by atoms with Crippen LogP contribution in [0.4, 0.5) is 16.2 Å². The van der Waals surface area contributed by atoms with Crippen LogP contribution in [0.5, 0.6) is 0 Å². The topological polar surface area (TPSA) is 91.4 Å². The highest BCUT2D eigenvalue weighted by Crippen LogP contribution is 2.22. The molecule has 2 heterocycles. The van der Waals surface area contributed by atoms with Crippen molar-refractivity contribution in [2.24, 2.45) is 0 Å². The van der Waals surface area contributed by atoms with Gasteiger partial charge in [-0.05, 0) is 47.9 Å². The third-order valence-corrected chi connectivity index (χ3v) is 5.39. The molecule has 0 radical (unpaired) electrons. The van der Waals surface area contributed by atoms with E-state index in [1.807, 2.05) is 13.0 Å². The van der Waals surface area contributed by atoms with Gasteiger partial charge in [-0.3, -0.25) is 9.71 Å². The van der Waals surface area contributed by atoms with E-state index in [4.69, 9.17) is 0 Å². The lowest BCUT2D eigenvalue weighted by atomic mass is 10.2. The Morgan fingerprint density at radius 2 is 1.80 bits per heavy atom. The lowest BCUT2D eigenvalue weighted by Crippen LogP contribution is -2.30. The fourth-order valence-electron chi connectivity index (χ4n) is 2.69. The molecule has 8 heteroatoms. The normalized spacial score (nSPS) is 13.4. The van der Waals surface area contributed by atoms with Crippen LogP contribution in [-0.2, 0) is 23.1 Å². The van der Waals surface area contributed by atoms with Crippen molar-refractivity contribution in [3.05, 3.63) is 53.9 Å². The number of sulfonamides is 1. The second-order valence-corrected chi connectivity index (χ2v) is 7.77. The number of carbonyl (C=O) groups is 1. The summed E-state index contributed by atoms with van der Waals surface area (Å²) in [6.45, 7) is 2.90. The van der Waals surface area contributed by atoms with Crippen molar-refractivity contribution in [3.8, 4) is 0 Å². The van der Waals surface area contributed by atoms with Crippen LogP contribution in [0.2, 0.25) is 0 Å². The molecule has 1 aliphatic heterocycles. The van der Waals surface area contributed by atoms with Crippen LogP contribution in [-0.4, -0.2) is 30.1 Å². The first-order valence-corrected chi connectivity index (χ1v) is 9.70. The molecule has 2 aromatic rings. The lowest BCUT2D eigenvalue weighted by Gasteiger charge is -2.16. The average molecular weight is 360 g/mol. The zero-order valence-corrected chi connectivity index (χ0v) is 14.7. The maximum Gasteiger partial charge on any atom is 0.322 e. The van der Waals surface area contributed by atoms with Crippen molar-refractivity contribution < 1.29 is 13.2 Å². The molecule has 1 aromatic heterocycles. The van der Waals surface area contributed by atoms with Gasteiger partial charge in [0.25, 0.3) is 0 Å². The number of nitrogens with zero attached hydrogens (tertiary/aromatic N) is 2. The molecule has 1 aliphatic rings. The Hall–Kier alpha value is -2.61. The van der Waals surface area contributed by atoms with Gasteiger partial charge in [-0.1, -0.05) is 6.92 Å². The number of anilines is 2. The van der Waals surface area contributed by atoms with Crippen molar-refractivity contribution in [3.63, 3.8) is 0 Å². The molecule has 2 N–H and O–H groups in total. The molecule has 0 fully saturated rings. The monoisotopic (exact) mass is 360 g/mol. The molecular formula is C17H20N4O3S. The van der Waals surface area contributed by atoms with E-state index in [1.54, 1.807) is 41.6 Å². The van der Waals surface area contributed by atoms with Crippen molar-refractivity contribution in [2.45, 2.75) is 26.4 Å². The summed E-state index contributed by atoms with van der Waals surface area (Å²) >= 11 is 0. The zero-order chi connectivity index (χ0) is 17.9. The molecule has 132 valence electrons. The van der Waals surface area contributed by atoms with Gasteiger partial charge in [-0.2, -0.15) is 0 Å². The van der Waals surface area contributed by atoms with Crippen LogP contribution in [0.15, 0.2) is 42.7 Å². The molecule has 1 aromatic carbocycles. The second-order valence-electron chi connectivity index (χ2n) is 5.93. The maximum absolute atomic E-state index is 12.4. The van der Waals surface area contributed by atoms with Gasteiger partial charge >= 0.3 is 6.03 Å². The van der Waals surface area contributed by atoms with Gasteiger partial charge in [0.2, 0.25) is 10.0 Å². The predicted molar refractivity (Wildman–Crippen MR) is 96.6 cm³/mol. The molecule has 0 spiro atoms. The quantitative estimate of drug-likeness (QED) is 0.858. The minimum Gasteiger partial charge on any atom is -0.316 e. The van der Waals surface area contributed by atoms with Gasteiger partial charge in [0.05, 0.1) is 5.75 Å². The van der Waals surface area contributed by atoms with E-state index in [1.165, 1.54) is 0 Å². The van der Waals surface area contributed by atoms with Gasteiger partial charge < -0.3 is 10.2 Å². The van der Waals surface area contributed by atoms with Crippen LogP contribution in [0.25, 0.3) is 0 Å². The molecule has 0 aliphatic carbocycles. The zero-order valence-electron chi connectivity index (χ0n) is 13.9. The van der Waals surface area contributed by atoms with Crippen molar-refractivity contribution >= 4 is 27.4 Å². The molecule has 0 saturated heterocycles. The smallest absolute Gasteiger partial charge is 0.316 e. The number of urea groups is 1. The highest BCUT2D eigenvalue weighted by Gasteiger charge is 2.23. The predicted octanol–water partition coefficient (Wildman–Crippen LogP) is 2.78. The molecule has 0 atom stereocenters. The number of benzene rings is 1. The first-order valence-electron chi connectivity index (χ1n) is 8.05. The molecule has 0 saturated carbocycles. The number of rotatable bonds is 5. The van der Waals surface area contributed by atoms with Crippen LogP contribution < -0.4 is 10.0 Å². The Bertz CT molecular complexity index is 841. The number of pyridine rings is 1. The van der Waals surface area contributed by atoms with Gasteiger partial charge in [0.15, 0.2) is 0 Å². The van der Waals surface area contributed by atoms with Crippen LogP contribution >= 0.6 is 0 Å². The fraction of sp³-hybridized carbons (Fsp3) is 0.294. The maximum atomic E-state index is 12.4. The standard InChI is InChI=1S/C17H20N4O3S/c1-2-9-25(23,24)20-16-5-3-15(4-6-16)19-17(22)21-11-13-7-8-18-10-14(13)12-21/h3-8,10,20H,2,9,11-12H2,1H3,(H,19,22). The minimum absolute atomic E-state index is 0.0792. The molecule has 25 heavy (non-hydrogen) atoms. The number of hydrogen-bond acceptors (Lipinski definition) is 4. The van der Waals surface area contributed by atoms with E-state index in [9.17, 15) is 13.2 Å². The SMILES string of the molecule is CCCS(=O)(=O)Nc1ccc(NC(=O)N2Cc3ccncc3C2)cc1. The Morgan fingerprint density at radius 3 is 2.48 bits per heavy atom. The van der Waals surface area contributed by atoms with Gasteiger partial charge in [-0.25, -0.2) is 13.2 Å². The highest BCUT2D eigenvalue weighted by molar-refractivity contribution is 7.92. The van der Waals surface area contributed by atoms with E-state index in [0.717, 1.165) is 11.1 Å². The van der Waals surface area contributed by atoms with Crippen molar-refractivity contribution in [1.82, 2.24) is 9.88 Å². The summed E-state index contributed by atoms with van der Waals surface area (Å²) in [4.78, 5) is 18.1. The fourth-order valence-corrected chi connectivity index (χ4v) is 3.82.